The van der Waals surface area contributed by atoms with Crippen molar-refractivity contribution >= 4 is 68.3 Å². The van der Waals surface area contributed by atoms with Crippen LogP contribution < -0.4 is 25.2 Å². The first kappa shape index (κ1) is 48.1. The Morgan fingerprint density at radius 3 is 2.04 bits per heavy atom. The quantitative estimate of drug-likeness (QED) is 0.128. The lowest BCUT2D eigenvalue weighted by molar-refractivity contribution is -0.127. The summed E-state index contributed by atoms with van der Waals surface area (Å²) in [5.74, 6) is 0.138. The summed E-state index contributed by atoms with van der Waals surface area (Å²) < 4.78 is 7.90. The number of amides is 4. The minimum absolute atomic E-state index is 0.0936. The molecule has 0 unspecified atom stereocenters. The summed E-state index contributed by atoms with van der Waals surface area (Å²) in [5, 5.41) is 13.8. The van der Waals surface area contributed by atoms with E-state index in [0.29, 0.717) is 115 Å². The number of nitrogens with zero attached hydrogens (tertiary/aromatic N) is 12. The highest BCUT2D eigenvalue weighted by Gasteiger charge is 2.28. The number of ether oxygens (including phenoxy) is 1. The number of hydrogen-bond donors (Lipinski definition) is 2. The Hall–Kier alpha value is -8.58. The van der Waals surface area contributed by atoms with E-state index in [2.05, 4.69) is 40.7 Å². The van der Waals surface area contributed by atoms with Crippen LogP contribution in [0.4, 0.5) is 23.0 Å². The molecule has 19 heteroatoms. The van der Waals surface area contributed by atoms with Gasteiger partial charge in [0.25, 0.3) is 11.8 Å². The highest BCUT2D eigenvalue weighted by atomic mass is 16.5. The lowest BCUT2D eigenvalue weighted by Gasteiger charge is -2.35. The summed E-state index contributed by atoms with van der Waals surface area (Å²) in [7, 11) is 3.86. The van der Waals surface area contributed by atoms with Crippen LogP contribution in [-0.4, -0.2) is 152 Å². The molecule has 4 amide bonds. The standard InChI is InChI=1S/C54H56N14O5/c1-6-48(69)67-25-21-65(22-26-67)46-31-43(52(71)57-40-18-10-14-35-13-8-9-16-37(35)40)56-51(59-46)45-30-42(62-64(45)5)39-29-41-38(17-11-19-55-41)50(34(39)3)61-53(72)44-32-47(66-23-27-68(28-24-66)49(70)7-2)60-54(58-44)73-33-36-15-12-20-63(36)4/h6-11,13-14,16-19,29-32,36H,1-2,12,15,20-28,33H2,3-5H3,(H,57,71)(H,61,72)/t36-/m0/s1. The minimum Gasteiger partial charge on any atom is -0.462 e. The summed E-state index contributed by atoms with van der Waals surface area (Å²) in [6, 6.07) is 24.7. The summed E-state index contributed by atoms with van der Waals surface area (Å²) in [6.45, 7) is 14.3. The average Bonchev–Trinajstić information content (AvgIpc) is 4.04. The van der Waals surface area contributed by atoms with Gasteiger partial charge in [0.1, 0.15) is 35.3 Å². The van der Waals surface area contributed by atoms with E-state index in [1.807, 2.05) is 83.5 Å². The van der Waals surface area contributed by atoms with Crippen molar-refractivity contribution in [3.05, 3.63) is 127 Å². The molecule has 10 rings (SSSR count). The largest absolute Gasteiger partial charge is 0.462 e. The van der Waals surface area contributed by atoms with E-state index in [-0.39, 0.29) is 41.1 Å². The third-order valence-electron chi connectivity index (χ3n) is 14.0. The molecular weight excluding hydrogens is 925 g/mol. The second kappa shape index (κ2) is 20.6. The van der Waals surface area contributed by atoms with Gasteiger partial charge in [0.15, 0.2) is 5.82 Å². The smallest absolute Gasteiger partial charge is 0.319 e. The van der Waals surface area contributed by atoms with Crippen LogP contribution in [-0.2, 0) is 16.6 Å². The monoisotopic (exact) mass is 980 g/mol. The molecule has 372 valence electrons. The lowest BCUT2D eigenvalue weighted by atomic mass is 9.99. The number of hydrogen-bond acceptors (Lipinski definition) is 14. The van der Waals surface area contributed by atoms with Crippen LogP contribution in [0, 0.1) is 6.92 Å². The SMILES string of the molecule is C=CC(=O)N1CCN(c2cc(C(=O)Nc3c(C)c(-c4cc(-c5nc(C(=O)Nc6cccc7ccccc67)cc(N6CCN(C(=O)C=C)CC6)n5)n(C)n4)cc4ncccc34)nc(OC[C@@H]3CCCN3C)n2)CC1. The maximum Gasteiger partial charge on any atom is 0.319 e. The maximum absolute atomic E-state index is 14.6. The number of piperazine rings is 2. The molecule has 4 aromatic heterocycles. The predicted molar refractivity (Wildman–Crippen MR) is 281 cm³/mol. The van der Waals surface area contributed by atoms with Gasteiger partial charge in [0.05, 0.1) is 16.9 Å². The molecule has 0 radical (unpaired) electrons. The number of carbonyl (C=O) groups is 4. The fourth-order valence-corrected chi connectivity index (χ4v) is 9.77. The molecule has 7 aromatic rings. The normalized spacial score (nSPS) is 16.2. The van der Waals surface area contributed by atoms with Gasteiger partial charge in [-0.1, -0.05) is 49.6 Å². The Balaban J connectivity index is 0.984. The number of anilines is 4. The average molecular weight is 981 g/mol. The molecule has 1 atom stereocenters. The van der Waals surface area contributed by atoms with Crippen molar-refractivity contribution in [3.8, 4) is 28.8 Å². The van der Waals surface area contributed by atoms with Gasteiger partial charge in [-0.05, 0) is 86.8 Å². The molecule has 7 heterocycles. The predicted octanol–water partition coefficient (Wildman–Crippen LogP) is 5.99. The van der Waals surface area contributed by atoms with Gasteiger partial charge in [-0.3, -0.25) is 28.8 Å². The number of likely N-dealkylation sites (tertiary alicyclic amines) is 1. The van der Waals surface area contributed by atoms with Gasteiger partial charge in [0, 0.05) is 106 Å². The first-order valence-electron chi connectivity index (χ1n) is 24.4. The maximum atomic E-state index is 14.6. The van der Waals surface area contributed by atoms with Crippen molar-refractivity contribution < 1.29 is 23.9 Å². The lowest BCUT2D eigenvalue weighted by Crippen LogP contribution is -2.48. The van der Waals surface area contributed by atoms with Crippen molar-refractivity contribution in [2.24, 2.45) is 7.05 Å². The zero-order chi connectivity index (χ0) is 50.8. The molecule has 0 saturated carbocycles. The molecule has 2 N–H and O–H groups in total. The van der Waals surface area contributed by atoms with Crippen molar-refractivity contribution in [3.63, 3.8) is 0 Å². The van der Waals surface area contributed by atoms with E-state index in [1.165, 1.54) is 12.2 Å². The topological polar surface area (TPSA) is 200 Å². The Kier molecular flexibility index (Phi) is 13.6. The molecule has 3 fully saturated rings. The molecule has 0 aliphatic carbocycles. The molecule has 3 aromatic carbocycles. The number of rotatable bonds is 13. The number of likely N-dealkylation sites (N-methyl/N-ethyl adjacent to an activating group) is 1. The fourth-order valence-electron chi connectivity index (χ4n) is 9.77. The summed E-state index contributed by atoms with van der Waals surface area (Å²) in [4.78, 5) is 87.5. The molecule has 0 bridgehead atoms. The number of pyridine rings is 1. The third-order valence-corrected chi connectivity index (χ3v) is 14.0. The van der Waals surface area contributed by atoms with E-state index >= 15 is 0 Å². The van der Waals surface area contributed by atoms with E-state index in [0.717, 1.165) is 30.2 Å². The fraction of sp³-hybridized carbons (Fsp3) is 0.296. The molecule has 19 nitrogen and oxygen atoms in total. The van der Waals surface area contributed by atoms with Gasteiger partial charge >= 0.3 is 6.01 Å². The van der Waals surface area contributed by atoms with E-state index < -0.39 is 11.8 Å². The number of aromatic nitrogens is 7. The van der Waals surface area contributed by atoms with Crippen LogP contribution in [0.5, 0.6) is 6.01 Å². The molecular formula is C54H56N14O5. The molecule has 0 spiro atoms. The second-order valence-corrected chi connectivity index (χ2v) is 18.4. The van der Waals surface area contributed by atoms with Crippen LogP contribution in [0.15, 0.2) is 110 Å². The highest BCUT2D eigenvalue weighted by Crippen LogP contribution is 2.37. The number of aryl methyl sites for hydroxylation is 1. The zero-order valence-electron chi connectivity index (χ0n) is 41.1. The second-order valence-electron chi connectivity index (χ2n) is 18.4. The van der Waals surface area contributed by atoms with Gasteiger partial charge in [0.2, 0.25) is 11.8 Å². The molecule has 3 saturated heterocycles. The summed E-state index contributed by atoms with van der Waals surface area (Å²) >= 11 is 0. The van der Waals surface area contributed by atoms with Crippen LogP contribution >= 0.6 is 0 Å². The van der Waals surface area contributed by atoms with Crippen molar-refractivity contribution in [1.82, 2.24) is 49.4 Å². The van der Waals surface area contributed by atoms with Crippen LogP contribution in [0.2, 0.25) is 0 Å². The Bertz CT molecular complexity index is 3300. The van der Waals surface area contributed by atoms with Crippen LogP contribution in [0.25, 0.3) is 44.5 Å². The highest BCUT2D eigenvalue weighted by molar-refractivity contribution is 6.11. The number of fused-ring (bicyclic) bond motifs is 2. The Morgan fingerprint density at radius 1 is 0.712 bits per heavy atom. The Morgan fingerprint density at radius 2 is 1.36 bits per heavy atom. The van der Waals surface area contributed by atoms with Gasteiger partial charge in [-0.25, -0.2) is 9.97 Å². The van der Waals surface area contributed by atoms with Gasteiger partial charge < -0.3 is 39.9 Å². The third kappa shape index (κ3) is 10.0. The van der Waals surface area contributed by atoms with E-state index in [9.17, 15) is 19.2 Å². The first-order valence-corrected chi connectivity index (χ1v) is 24.4. The van der Waals surface area contributed by atoms with Crippen molar-refractivity contribution in [2.75, 3.05) is 93.0 Å². The van der Waals surface area contributed by atoms with Crippen molar-refractivity contribution in [2.45, 2.75) is 25.8 Å². The number of benzene rings is 3. The van der Waals surface area contributed by atoms with Gasteiger partial charge in [-0.15, -0.1) is 0 Å². The Labute approximate surface area is 422 Å². The van der Waals surface area contributed by atoms with E-state index in [1.54, 1.807) is 39.9 Å². The van der Waals surface area contributed by atoms with Gasteiger partial charge in [-0.2, -0.15) is 15.1 Å². The molecule has 3 aliphatic rings. The number of nitrogens with one attached hydrogen (secondary N) is 2. The summed E-state index contributed by atoms with van der Waals surface area (Å²) in [6.07, 6.45) is 6.38. The molecule has 73 heavy (non-hydrogen) atoms. The minimum atomic E-state index is -0.478. The zero-order valence-corrected chi connectivity index (χ0v) is 41.1. The van der Waals surface area contributed by atoms with Crippen molar-refractivity contribution in [1.29, 1.82) is 0 Å². The molecule has 3 aliphatic heterocycles. The summed E-state index contributed by atoms with van der Waals surface area (Å²) in [5.41, 5.74) is 4.52. The first-order chi connectivity index (χ1) is 35.4. The van der Waals surface area contributed by atoms with E-state index in [4.69, 9.17) is 29.8 Å². The van der Waals surface area contributed by atoms with Crippen LogP contribution in [0.3, 0.4) is 0 Å². The van der Waals surface area contributed by atoms with Crippen LogP contribution in [0.1, 0.15) is 39.4 Å². The number of carbonyl (C=O) groups excluding carboxylic acids is 4.